The SMILES string of the molecule is CCCCOC(=O)c1cc(Cl)cc(Cl)c1O. The molecule has 1 rings (SSSR count). The van der Waals surface area contributed by atoms with Gasteiger partial charge < -0.3 is 9.84 Å². The van der Waals surface area contributed by atoms with Gasteiger partial charge in [-0.1, -0.05) is 36.5 Å². The molecule has 0 fully saturated rings. The fourth-order valence-corrected chi connectivity index (χ4v) is 1.60. The van der Waals surface area contributed by atoms with Crippen molar-refractivity contribution in [2.45, 2.75) is 19.8 Å². The number of hydrogen-bond acceptors (Lipinski definition) is 3. The van der Waals surface area contributed by atoms with Crippen molar-refractivity contribution in [1.29, 1.82) is 0 Å². The highest BCUT2D eigenvalue weighted by atomic mass is 35.5. The summed E-state index contributed by atoms with van der Waals surface area (Å²) in [6, 6.07) is 2.69. The third kappa shape index (κ3) is 3.29. The van der Waals surface area contributed by atoms with Crippen LogP contribution in [0.2, 0.25) is 10.0 Å². The van der Waals surface area contributed by atoms with Gasteiger partial charge in [0.1, 0.15) is 11.3 Å². The van der Waals surface area contributed by atoms with E-state index in [4.69, 9.17) is 27.9 Å². The Balaban J connectivity index is 2.82. The van der Waals surface area contributed by atoms with Crippen molar-refractivity contribution < 1.29 is 14.6 Å². The standard InChI is InChI=1S/C11H12Cl2O3/c1-2-3-4-16-11(15)8-5-7(12)6-9(13)10(8)14/h5-6,14H,2-4H2,1H3. The van der Waals surface area contributed by atoms with Gasteiger partial charge in [-0.05, 0) is 18.6 Å². The number of aromatic hydroxyl groups is 1. The summed E-state index contributed by atoms with van der Waals surface area (Å²) in [6.07, 6.45) is 1.70. The summed E-state index contributed by atoms with van der Waals surface area (Å²) in [6.45, 7) is 2.31. The Labute approximate surface area is 104 Å². The number of ether oxygens (including phenoxy) is 1. The van der Waals surface area contributed by atoms with E-state index in [-0.39, 0.29) is 21.4 Å². The summed E-state index contributed by atoms with van der Waals surface area (Å²) in [5.41, 5.74) is -0.00592. The Morgan fingerprint density at radius 2 is 2.12 bits per heavy atom. The fourth-order valence-electron chi connectivity index (χ4n) is 1.11. The van der Waals surface area contributed by atoms with Crippen LogP contribution < -0.4 is 0 Å². The lowest BCUT2D eigenvalue weighted by Gasteiger charge is -2.07. The predicted octanol–water partition coefficient (Wildman–Crippen LogP) is 3.66. The van der Waals surface area contributed by atoms with Gasteiger partial charge in [0.05, 0.1) is 11.6 Å². The van der Waals surface area contributed by atoms with E-state index in [0.29, 0.717) is 6.61 Å². The molecule has 88 valence electrons. The van der Waals surface area contributed by atoms with Gasteiger partial charge in [-0.25, -0.2) is 4.79 Å². The maximum absolute atomic E-state index is 11.5. The van der Waals surface area contributed by atoms with Gasteiger partial charge in [-0.3, -0.25) is 0 Å². The van der Waals surface area contributed by atoms with Crippen LogP contribution in [0.25, 0.3) is 0 Å². The molecule has 0 saturated heterocycles. The van der Waals surface area contributed by atoms with Gasteiger partial charge in [0.2, 0.25) is 0 Å². The monoisotopic (exact) mass is 262 g/mol. The lowest BCUT2D eigenvalue weighted by molar-refractivity contribution is 0.0496. The van der Waals surface area contributed by atoms with Gasteiger partial charge in [0, 0.05) is 5.02 Å². The molecule has 5 heteroatoms. The molecular formula is C11H12Cl2O3. The summed E-state index contributed by atoms with van der Waals surface area (Å²) in [4.78, 5) is 11.5. The van der Waals surface area contributed by atoms with Crippen molar-refractivity contribution in [1.82, 2.24) is 0 Å². The number of benzene rings is 1. The Bertz CT molecular complexity index is 391. The highest BCUT2D eigenvalue weighted by molar-refractivity contribution is 6.36. The second-order valence-corrected chi connectivity index (χ2v) is 4.12. The lowest BCUT2D eigenvalue weighted by Crippen LogP contribution is -2.06. The van der Waals surface area contributed by atoms with E-state index >= 15 is 0 Å². The van der Waals surface area contributed by atoms with E-state index in [1.165, 1.54) is 12.1 Å². The molecule has 1 aromatic carbocycles. The van der Waals surface area contributed by atoms with Crippen molar-refractivity contribution in [3.8, 4) is 5.75 Å². The molecule has 0 heterocycles. The lowest BCUT2D eigenvalue weighted by atomic mass is 10.2. The summed E-state index contributed by atoms with van der Waals surface area (Å²) in [7, 11) is 0. The van der Waals surface area contributed by atoms with Crippen molar-refractivity contribution in [3.05, 3.63) is 27.7 Å². The minimum atomic E-state index is -0.615. The number of carbonyl (C=O) groups excluding carboxylic acids is 1. The van der Waals surface area contributed by atoms with E-state index in [1.54, 1.807) is 0 Å². The molecule has 0 aromatic heterocycles. The number of rotatable bonds is 4. The van der Waals surface area contributed by atoms with Crippen LogP contribution in [0.4, 0.5) is 0 Å². The minimum Gasteiger partial charge on any atom is -0.505 e. The molecule has 0 amide bonds. The van der Waals surface area contributed by atoms with Gasteiger partial charge >= 0.3 is 5.97 Å². The molecular weight excluding hydrogens is 251 g/mol. The second-order valence-electron chi connectivity index (χ2n) is 3.27. The molecule has 16 heavy (non-hydrogen) atoms. The third-order valence-corrected chi connectivity index (χ3v) is 2.49. The van der Waals surface area contributed by atoms with Gasteiger partial charge in [0.15, 0.2) is 0 Å². The van der Waals surface area contributed by atoms with E-state index in [1.807, 2.05) is 6.92 Å². The van der Waals surface area contributed by atoms with Gasteiger partial charge in [-0.2, -0.15) is 0 Å². The van der Waals surface area contributed by atoms with E-state index in [2.05, 4.69) is 0 Å². The number of carbonyl (C=O) groups is 1. The number of phenols is 1. The van der Waals surface area contributed by atoms with E-state index < -0.39 is 5.97 Å². The average Bonchev–Trinajstić information content (AvgIpc) is 2.23. The minimum absolute atomic E-state index is 0.00592. The van der Waals surface area contributed by atoms with Gasteiger partial charge in [-0.15, -0.1) is 0 Å². The van der Waals surface area contributed by atoms with Crippen LogP contribution in [-0.2, 0) is 4.74 Å². The molecule has 0 unspecified atom stereocenters. The van der Waals surface area contributed by atoms with Gasteiger partial charge in [0.25, 0.3) is 0 Å². The first-order chi connectivity index (χ1) is 7.56. The third-order valence-electron chi connectivity index (χ3n) is 1.98. The molecule has 0 aliphatic heterocycles. The smallest absolute Gasteiger partial charge is 0.342 e. The van der Waals surface area contributed by atoms with Crippen LogP contribution in [0.1, 0.15) is 30.1 Å². The number of phenolic OH excluding ortho intramolecular Hbond substituents is 1. The summed E-state index contributed by atoms with van der Waals surface area (Å²) in [5.74, 6) is -0.914. The van der Waals surface area contributed by atoms with E-state index in [9.17, 15) is 9.90 Å². The molecule has 0 bridgehead atoms. The molecule has 0 atom stereocenters. The normalized spacial score (nSPS) is 10.2. The topological polar surface area (TPSA) is 46.5 Å². The summed E-state index contributed by atoms with van der Waals surface area (Å²) in [5, 5.41) is 9.88. The van der Waals surface area contributed by atoms with Crippen LogP contribution in [0.3, 0.4) is 0 Å². The van der Waals surface area contributed by atoms with Crippen molar-refractivity contribution in [2.24, 2.45) is 0 Å². The number of hydrogen-bond donors (Lipinski definition) is 1. The number of unbranched alkanes of at least 4 members (excludes halogenated alkanes) is 1. The summed E-state index contributed by atoms with van der Waals surface area (Å²) >= 11 is 11.4. The Morgan fingerprint density at radius 3 is 2.75 bits per heavy atom. The second kappa shape index (κ2) is 5.97. The fraction of sp³-hybridized carbons (Fsp3) is 0.364. The number of esters is 1. The molecule has 3 nitrogen and oxygen atoms in total. The molecule has 0 aliphatic rings. The average molecular weight is 263 g/mol. The molecule has 1 aromatic rings. The summed E-state index contributed by atoms with van der Waals surface area (Å²) < 4.78 is 4.94. The van der Waals surface area contributed by atoms with Crippen LogP contribution in [-0.4, -0.2) is 17.7 Å². The first-order valence-corrected chi connectivity index (χ1v) is 5.67. The van der Waals surface area contributed by atoms with Crippen LogP contribution in [0.5, 0.6) is 5.75 Å². The van der Waals surface area contributed by atoms with Crippen molar-refractivity contribution in [2.75, 3.05) is 6.61 Å². The molecule has 1 N–H and O–H groups in total. The highest BCUT2D eigenvalue weighted by Crippen LogP contribution is 2.31. The molecule has 0 aliphatic carbocycles. The zero-order valence-corrected chi connectivity index (χ0v) is 10.3. The zero-order valence-electron chi connectivity index (χ0n) is 8.80. The quantitative estimate of drug-likeness (QED) is 0.666. The van der Waals surface area contributed by atoms with E-state index in [0.717, 1.165) is 12.8 Å². The Hall–Kier alpha value is -0.930. The van der Waals surface area contributed by atoms with Crippen LogP contribution >= 0.6 is 23.2 Å². The molecule has 0 radical (unpaired) electrons. The number of halogens is 2. The zero-order chi connectivity index (χ0) is 12.1. The molecule has 0 spiro atoms. The van der Waals surface area contributed by atoms with Crippen LogP contribution in [0, 0.1) is 0 Å². The molecule has 0 saturated carbocycles. The first kappa shape index (κ1) is 13.1. The van der Waals surface area contributed by atoms with Crippen molar-refractivity contribution in [3.63, 3.8) is 0 Å². The Kier molecular flexibility index (Phi) is 4.90. The maximum atomic E-state index is 11.5. The van der Waals surface area contributed by atoms with Crippen molar-refractivity contribution >= 4 is 29.2 Å². The maximum Gasteiger partial charge on any atom is 0.342 e. The first-order valence-electron chi connectivity index (χ1n) is 4.91. The predicted molar refractivity (Wildman–Crippen MR) is 63.3 cm³/mol. The largest absolute Gasteiger partial charge is 0.505 e. The highest BCUT2D eigenvalue weighted by Gasteiger charge is 2.16. The Morgan fingerprint density at radius 1 is 1.44 bits per heavy atom. The van der Waals surface area contributed by atoms with Crippen LogP contribution in [0.15, 0.2) is 12.1 Å².